The second kappa shape index (κ2) is 14.1. The highest BCUT2D eigenvalue weighted by Gasteiger charge is 2.05. The number of hydrogen-bond donors (Lipinski definition) is 2. The first-order valence-electron chi connectivity index (χ1n) is 8.51. The molecule has 1 amide bonds. The number of halogens is 1. The van der Waals surface area contributed by atoms with Crippen molar-refractivity contribution in [2.24, 2.45) is 4.99 Å². The highest BCUT2D eigenvalue weighted by molar-refractivity contribution is 14.0. The molecular formula is C18H31IN4O. The lowest BCUT2D eigenvalue weighted by atomic mass is 10.2. The van der Waals surface area contributed by atoms with Crippen molar-refractivity contribution in [3.8, 4) is 0 Å². The van der Waals surface area contributed by atoms with E-state index in [1.807, 2.05) is 30.3 Å². The summed E-state index contributed by atoms with van der Waals surface area (Å²) in [5.74, 6) is 0.914. The number of benzene rings is 1. The molecule has 0 aliphatic rings. The monoisotopic (exact) mass is 446 g/mol. The van der Waals surface area contributed by atoms with Crippen LogP contribution >= 0.6 is 24.0 Å². The Morgan fingerprint density at radius 2 is 1.83 bits per heavy atom. The summed E-state index contributed by atoms with van der Waals surface area (Å²) in [4.78, 5) is 18.7. The van der Waals surface area contributed by atoms with Gasteiger partial charge in [-0.3, -0.25) is 9.79 Å². The Balaban J connectivity index is 0.00000529. The Labute approximate surface area is 163 Å². The predicted octanol–water partition coefficient (Wildman–Crippen LogP) is 3.12. The van der Waals surface area contributed by atoms with Gasteiger partial charge in [0.15, 0.2) is 5.96 Å². The van der Waals surface area contributed by atoms with Crippen LogP contribution < -0.4 is 10.6 Å². The van der Waals surface area contributed by atoms with Gasteiger partial charge in [0, 0.05) is 38.8 Å². The Bertz CT molecular complexity index is 479. The Kier molecular flexibility index (Phi) is 13.3. The fourth-order valence-electron chi connectivity index (χ4n) is 2.13. The molecule has 0 aliphatic heterocycles. The van der Waals surface area contributed by atoms with Gasteiger partial charge in [-0.15, -0.1) is 24.0 Å². The molecule has 1 aromatic carbocycles. The molecule has 1 aromatic rings. The lowest BCUT2D eigenvalue weighted by Gasteiger charge is -2.21. The molecule has 0 atom stereocenters. The topological polar surface area (TPSA) is 56.7 Å². The SMILES string of the molecule is CCCCN(C)C(=NCCCNC(=O)c1ccccc1)NCC.I. The molecule has 1 rings (SSSR count). The summed E-state index contributed by atoms with van der Waals surface area (Å²) in [7, 11) is 2.06. The van der Waals surface area contributed by atoms with Crippen LogP contribution in [0.3, 0.4) is 0 Å². The molecule has 0 fully saturated rings. The second-order valence-corrected chi connectivity index (χ2v) is 5.49. The van der Waals surface area contributed by atoms with Gasteiger partial charge in [0.05, 0.1) is 0 Å². The maximum absolute atomic E-state index is 11.9. The lowest BCUT2D eigenvalue weighted by Crippen LogP contribution is -2.39. The van der Waals surface area contributed by atoms with Crippen LogP contribution in [0.4, 0.5) is 0 Å². The van der Waals surface area contributed by atoms with E-state index in [0.717, 1.165) is 31.9 Å². The summed E-state index contributed by atoms with van der Waals surface area (Å²) < 4.78 is 0. The minimum absolute atomic E-state index is 0. The van der Waals surface area contributed by atoms with Crippen LogP contribution in [-0.4, -0.2) is 50.0 Å². The molecule has 0 heterocycles. The van der Waals surface area contributed by atoms with Gasteiger partial charge in [0.25, 0.3) is 5.91 Å². The second-order valence-electron chi connectivity index (χ2n) is 5.49. The highest BCUT2D eigenvalue weighted by atomic mass is 127. The van der Waals surface area contributed by atoms with Crippen LogP contribution in [0.2, 0.25) is 0 Å². The summed E-state index contributed by atoms with van der Waals surface area (Å²) in [6.07, 6.45) is 3.17. The molecule has 0 unspecified atom stereocenters. The number of carbonyl (C=O) groups is 1. The first-order chi connectivity index (χ1) is 11.2. The van der Waals surface area contributed by atoms with Crippen molar-refractivity contribution in [3.05, 3.63) is 35.9 Å². The number of carbonyl (C=O) groups excluding carboxylic acids is 1. The molecule has 6 heteroatoms. The molecule has 2 N–H and O–H groups in total. The zero-order valence-corrected chi connectivity index (χ0v) is 17.4. The number of aliphatic imine (C=N–C) groups is 1. The normalized spacial score (nSPS) is 10.7. The van der Waals surface area contributed by atoms with E-state index in [1.165, 1.54) is 6.42 Å². The molecule has 136 valence electrons. The first kappa shape index (κ1) is 22.7. The van der Waals surface area contributed by atoms with Gasteiger partial charge in [-0.25, -0.2) is 0 Å². The Morgan fingerprint density at radius 3 is 2.46 bits per heavy atom. The van der Waals surface area contributed by atoms with Crippen molar-refractivity contribution in [3.63, 3.8) is 0 Å². The van der Waals surface area contributed by atoms with E-state index < -0.39 is 0 Å². The van der Waals surface area contributed by atoms with Gasteiger partial charge in [0.1, 0.15) is 0 Å². The maximum Gasteiger partial charge on any atom is 0.251 e. The molecule has 0 saturated heterocycles. The summed E-state index contributed by atoms with van der Waals surface area (Å²) >= 11 is 0. The van der Waals surface area contributed by atoms with Gasteiger partial charge in [-0.1, -0.05) is 31.5 Å². The van der Waals surface area contributed by atoms with Gasteiger partial charge in [0.2, 0.25) is 0 Å². The molecule has 0 radical (unpaired) electrons. The largest absolute Gasteiger partial charge is 0.357 e. The fourth-order valence-corrected chi connectivity index (χ4v) is 2.13. The van der Waals surface area contributed by atoms with E-state index in [9.17, 15) is 4.79 Å². The van der Waals surface area contributed by atoms with Crippen LogP contribution in [0.5, 0.6) is 0 Å². The Morgan fingerprint density at radius 1 is 1.12 bits per heavy atom. The van der Waals surface area contributed by atoms with E-state index >= 15 is 0 Å². The average Bonchev–Trinajstić information content (AvgIpc) is 2.59. The van der Waals surface area contributed by atoms with Crippen molar-refractivity contribution in [1.82, 2.24) is 15.5 Å². The van der Waals surface area contributed by atoms with Crippen molar-refractivity contribution in [2.45, 2.75) is 33.1 Å². The van der Waals surface area contributed by atoms with Crippen LogP contribution in [0.15, 0.2) is 35.3 Å². The quantitative estimate of drug-likeness (QED) is 0.265. The number of nitrogens with zero attached hydrogens (tertiary/aromatic N) is 2. The number of hydrogen-bond acceptors (Lipinski definition) is 2. The predicted molar refractivity (Wildman–Crippen MR) is 112 cm³/mol. The van der Waals surface area contributed by atoms with Gasteiger partial charge in [-0.05, 0) is 31.9 Å². The first-order valence-corrected chi connectivity index (χ1v) is 8.51. The van der Waals surface area contributed by atoms with Crippen molar-refractivity contribution in [1.29, 1.82) is 0 Å². The van der Waals surface area contributed by atoms with E-state index in [4.69, 9.17) is 0 Å². The zero-order valence-electron chi connectivity index (χ0n) is 15.0. The van der Waals surface area contributed by atoms with Gasteiger partial charge < -0.3 is 15.5 Å². The minimum Gasteiger partial charge on any atom is -0.357 e. The molecule has 0 bridgehead atoms. The lowest BCUT2D eigenvalue weighted by molar-refractivity contribution is 0.0953. The van der Waals surface area contributed by atoms with E-state index in [-0.39, 0.29) is 29.9 Å². The summed E-state index contributed by atoms with van der Waals surface area (Å²) in [6, 6.07) is 9.28. The number of guanidine groups is 1. The summed E-state index contributed by atoms with van der Waals surface area (Å²) in [5, 5.41) is 6.23. The van der Waals surface area contributed by atoms with Gasteiger partial charge >= 0.3 is 0 Å². The smallest absolute Gasteiger partial charge is 0.251 e. The number of rotatable bonds is 9. The maximum atomic E-state index is 11.9. The van der Waals surface area contributed by atoms with Gasteiger partial charge in [-0.2, -0.15) is 0 Å². The molecule has 5 nitrogen and oxygen atoms in total. The van der Waals surface area contributed by atoms with E-state index in [2.05, 4.69) is 41.4 Å². The number of unbranched alkanes of at least 4 members (excludes halogenated alkanes) is 1. The van der Waals surface area contributed by atoms with Crippen LogP contribution in [-0.2, 0) is 0 Å². The number of nitrogens with one attached hydrogen (secondary N) is 2. The molecule has 0 aliphatic carbocycles. The number of amides is 1. The molecular weight excluding hydrogens is 415 g/mol. The molecule has 0 aromatic heterocycles. The highest BCUT2D eigenvalue weighted by Crippen LogP contribution is 1.98. The summed E-state index contributed by atoms with van der Waals surface area (Å²) in [5.41, 5.74) is 0.698. The third kappa shape index (κ3) is 9.10. The molecule has 24 heavy (non-hydrogen) atoms. The fraction of sp³-hybridized carbons (Fsp3) is 0.556. The van der Waals surface area contributed by atoms with Crippen LogP contribution in [0.25, 0.3) is 0 Å². The van der Waals surface area contributed by atoms with Crippen LogP contribution in [0.1, 0.15) is 43.5 Å². The van der Waals surface area contributed by atoms with E-state index in [1.54, 1.807) is 0 Å². The summed E-state index contributed by atoms with van der Waals surface area (Å²) in [6.45, 7) is 7.47. The molecule has 0 saturated carbocycles. The zero-order chi connectivity index (χ0) is 16.9. The van der Waals surface area contributed by atoms with E-state index in [0.29, 0.717) is 18.7 Å². The molecule has 0 spiro atoms. The van der Waals surface area contributed by atoms with Crippen molar-refractivity contribution >= 4 is 35.8 Å². The van der Waals surface area contributed by atoms with Crippen LogP contribution in [0, 0.1) is 0 Å². The van der Waals surface area contributed by atoms with Crippen molar-refractivity contribution in [2.75, 3.05) is 33.2 Å². The third-order valence-electron chi connectivity index (χ3n) is 3.46. The Hall–Kier alpha value is -1.31. The third-order valence-corrected chi connectivity index (χ3v) is 3.46. The average molecular weight is 446 g/mol. The minimum atomic E-state index is -0.0263. The van der Waals surface area contributed by atoms with Crippen molar-refractivity contribution < 1.29 is 4.79 Å². The standard InChI is InChI=1S/C18H30N4O.HI/c1-4-6-15-22(3)18(19-5-2)21-14-10-13-20-17(23)16-11-8-7-9-12-16;/h7-9,11-12H,4-6,10,13-15H2,1-3H3,(H,19,21)(H,20,23);1H.